The standard InChI is InChI=1S/C16H15BrO3/c1-19-12-8-9-14(20-2)13(10-12)16(18)15(17)11-6-4-3-5-7-11/h3-10,15H,1-2H3. The lowest BCUT2D eigenvalue weighted by Crippen LogP contribution is -2.09. The van der Waals surface area contributed by atoms with E-state index in [1.54, 1.807) is 32.4 Å². The highest BCUT2D eigenvalue weighted by molar-refractivity contribution is 9.09. The van der Waals surface area contributed by atoms with Gasteiger partial charge in [-0.2, -0.15) is 0 Å². The molecule has 0 saturated heterocycles. The van der Waals surface area contributed by atoms with Gasteiger partial charge in [0.2, 0.25) is 0 Å². The van der Waals surface area contributed by atoms with Gasteiger partial charge in [-0.1, -0.05) is 46.3 Å². The van der Waals surface area contributed by atoms with E-state index in [1.165, 1.54) is 0 Å². The third-order valence-electron chi connectivity index (χ3n) is 2.99. The molecular weight excluding hydrogens is 320 g/mol. The van der Waals surface area contributed by atoms with Gasteiger partial charge in [-0.3, -0.25) is 4.79 Å². The largest absolute Gasteiger partial charge is 0.497 e. The molecule has 0 radical (unpaired) electrons. The number of Topliss-reactive ketones (excluding diaryl/α,β-unsaturated/α-hetero) is 1. The predicted octanol–water partition coefficient (Wildman–Crippen LogP) is 4.02. The molecule has 2 aromatic carbocycles. The van der Waals surface area contributed by atoms with Crippen molar-refractivity contribution in [1.29, 1.82) is 0 Å². The molecule has 0 fully saturated rings. The Labute approximate surface area is 126 Å². The van der Waals surface area contributed by atoms with Gasteiger partial charge in [0.05, 0.1) is 19.8 Å². The number of alkyl halides is 1. The SMILES string of the molecule is COc1ccc(OC)c(C(=O)C(Br)c2ccccc2)c1. The van der Waals surface area contributed by atoms with Gasteiger partial charge in [-0.05, 0) is 23.8 Å². The zero-order valence-corrected chi connectivity index (χ0v) is 12.9. The maximum absolute atomic E-state index is 12.6. The van der Waals surface area contributed by atoms with Crippen LogP contribution in [0.3, 0.4) is 0 Å². The molecule has 0 N–H and O–H groups in total. The third-order valence-corrected chi connectivity index (χ3v) is 3.94. The first-order valence-electron chi connectivity index (χ1n) is 6.12. The smallest absolute Gasteiger partial charge is 0.184 e. The number of ether oxygens (including phenoxy) is 2. The van der Waals surface area contributed by atoms with Crippen LogP contribution in [-0.2, 0) is 0 Å². The van der Waals surface area contributed by atoms with Crippen molar-refractivity contribution in [3.05, 3.63) is 59.7 Å². The van der Waals surface area contributed by atoms with Crippen molar-refractivity contribution in [1.82, 2.24) is 0 Å². The number of hydrogen-bond acceptors (Lipinski definition) is 3. The topological polar surface area (TPSA) is 35.5 Å². The van der Waals surface area contributed by atoms with Gasteiger partial charge >= 0.3 is 0 Å². The number of carbonyl (C=O) groups excluding carboxylic acids is 1. The summed E-state index contributed by atoms with van der Waals surface area (Å²) in [5, 5.41) is 0. The minimum absolute atomic E-state index is 0.0630. The van der Waals surface area contributed by atoms with Crippen LogP contribution in [0.2, 0.25) is 0 Å². The van der Waals surface area contributed by atoms with Crippen LogP contribution < -0.4 is 9.47 Å². The number of carbonyl (C=O) groups is 1. The minimum Gasteiger partial charge on any atom is -0.497 e. The van der Waals surface area contributed by atoms with E-state index in [0.717, 1.165) is 5.56 Å². The first kappa shape index (κ1) is 14.6. The summed E-state index contributed by atoms with van der Waals surface area (Å²) in [6.07, 6.45) is 0. The molecule has 0 aliphatic rings. The monoisotopic (exact) mass is 334 g/mol. The van der Waals surface area contributed by atoms with E-state index in [1.807, 2.05) is 30.3 Å². The first-order valence-corrected chi connectivity index (χ1v) is 7.04. The summed E-state index contributed by atoms with van der Waals surface area (Å²) >= 11 is 3.45. The van der Waals surface area contributed by atoms with Crippen LogP contribution in [0.15, 0.2) is 48.5 Å². The van der Waals surface area contributed by atoms with Crippen molar-refractivity contribution in [3.8, 4) is 11.5 Å². The molecule has 0 aromatic heterocycles. The number of methoxy groups -OCH3 is 2. The van der Waals surface area contributed by atoms with Crippen LogP contribution >= 0.6 is 15.9 Å². The van der Waals surface area contributed by atoms with Gasteiger partial charge in [-0.25, -0.2) is 0 Å². The molecule has 0 aliphatic carbocycles. The Morgan fingerprint density at radius 2 is 1.75 bits per heavy atom. The van der Waals surface area contributed by atoms with E-state index in [-0.39, 0.29) is 5.78 Å². The molecule has 20 heavy (non-hydrogen) atoms. The Hall–Kier alpha value is -1.81. The van der Waals surface area contributed by atoms with Gasteiger partial charge in [0.15, 0.2) is 5.78 Å². The summed E-state index contributed by atoms with van der Waals surface area (Å²) in [6.45, 7) is 0. The van der Waals surface area contributed by atoms with Crippen LogP contribution in [0.4, 0.5) is 0 Å². The Morgan fingerprint density at radius 1 is 1.05 bits per heavy atom. The van der Waals surface area contributed by atoms with E-state index in [0.29, 0.717) is 17.1 Å². The highest BCUT2D eigenvalue weighted by Gasteiger charge is 2.22. The summed E-state index contributed by atoms with van der Waals surface area (Å²) in [5.74, 6) is 1.10. The Kier molecular flexibility index (Phi) is 4.79. The highest BCUT2D eigenvalue weighted by Crippen LogP contribution is 2.32. The van der Waals surface area contributed by atoms with E-state index >= 15 is 0 Å². The van der Waals surface area contributed by atoms with Crippen molar-refractivity contribution >= 4 is 21.7 Å². The maximum atomic E-state index is 12.6. The van der Waals surface area contributed by atoms with Crippen molar-refractivity contribution in [2.24, 2.45) is 0 Å². The second kappa shape index (κ2) is 6.57. The van der Waals surface area contributed by atoms with Gasteiger partial charge in [0.1, 0.15) is 16.3 Å². The lowest BCUT2D eigenvalue weighted by molar-refractivity contribution is 0.0988. The summed E-state index contributed by atoms with van der Waals surface area (Å²) in [4.78, 5) is 12.2. The second-order valence-corrected chi connectivity index (χ2v) is 5.12. The fourth-order valence-electron chi connectivity index (χ4n) is 1.92. The molecule has 2 aromatic rings. The van der Waals surface area contributed by atoms with Crippen LogP contribution in [-0.4, -0.2) is 20.0 Å². The van der Waals surface area contributed by atoms with Crippen molar-refractivity contribution < 1.29 is 14.3 Å². The summed E-state index contributed by atoms with van der Waals surface area (Å²) in [5.41, 5.74) is 1.40. The molecule has 0 bridgehead atoms. The summed E-state index contributed by atoms with van der Waals surface area (Å²) in [7, 11) is 3.11. The van der Waals surface area contributed by atoms with Crippen molar-refractivity contribution in [3.63, 3.8) is 0 Å². The predicted molar refractivity (Wildman–Crippen MR) is 82.0 cm³/mol. The van der Waals surface area contributed by atoms with Crippen LogP contribution in [0.5, 0.6) is 11.5 Å². The Bertz CT molecular complexity index is 596. The van der Waals surface area contributed by atoms with E-state index < -0.39 is 4.83 Å². The van der Waals surface area contributed by atoms with Gasteiger partial charge in [0.25, 0.3) is 0 Å². The van der Waals surface area contributed by atoms with Gasteiger partial charge < -0.3 is 9.47 Å². The average Bonchev–Trinajstić information content (AvgIpc) is 2.53. The number of rotatable bonds is 5. The molecule has 0 heterocycles. The van der Waals surface area contributed by atoms with Crippen LogP contribution in [0.25, 0.3) is 0 Å². The molecular formula is C16H15BrO3. The van der Waals surface area contributed by atoms with Crippen LogP contribution in [0.1, 0.15) is 20.7 Å². The molecule has 104 valence electrons. The Morgan fingerprint density at radius 3 is 2.35 bits per heavy atom. The third kappa shape index (κ3) is 3.02. The highest BCUT2D eigenvalue weighted by atomic mass is 79.9. The van der Waals surface area contributed by atoms with Gasteiger partial charge in [0, 0.05) is 0 Å². The molecule has 0 saturated carbocycles. The van der Waals surface area contributed by atoms with Crippen molar-refractivity contribution in [2.75, 3.05) is 14.2 Å². The van der Waals surface area contributed by atoms with E-state index in [2.05, 4.69) is 15.9 Å². The molecule has 1 unspecified atom stereocenters. The quantitative estimate of drug-likeness (QED) is 0.611. The number of halogens is 1. The fraction of sp³-hybridized carbons (Fsp3) is 0.188. The van der Waals surface area contributed by atoms with E-state index in [4.69, 9.17) is 9.47 Å². The zero-order valence-electron chi connectivity index (χ0n) is 11.3. The maximum Gasteiger partial charge on any atom is 0.184 e. The van der Waals surface area contributed by atoms with Gasteiger partial charge in [-0.15, -0.1) is 0 Å². The molecule has 0 amide bonds. The molecule has 0 aliphatic heterocycles. The molecule has 0 spiro atoms. The lowest BCUT2D eigenvalue weighted by Gasteiger charge is -2.13. The molecule has 3 nitrogen and oxygen atoms in total. The molecule has 4 heteroatoms. The molecule has 2 rings (SSSR count). The zero-order chi connectivity index (χ0) is 14.5. The Balaban J connectivity index is 2.37. The number of hydrogen-bond donors (Lipinski definition) is 0. The lowest BCUT2D eigenvalue weighted by atomic mass is 10.0. The molecule has 1 atom stereocenters. The first-order chi connectivity index (χ1) is 9.67. The summed E-state index contributed by atoms with van der Waals surface area (Å²) in [6, 6.07) is 14.7. The second-order valence-electron chi connectivity index (χ2n) is 4.20. The average molecular weight is 335 g/mol. The minimum atomic E-state index is -0.412. The number of benzene rings is 2. The van der Waals surface area contributed by atoms with Crippen molar-refractivity contribution in [2.45, 2.75) is 4.83 Å². The number of ketones is 1. The summed E-state index contributed by atoms with van der Waals surface area (Å²) < 4.78 is 10.4. The van der Waals surface area contributed by atoms with Crippen LogP contribution in [0, 0.1) is 0 Å². The fourth-order valence-corrected chi connectivity index (χ4v) is 2.47. The van der Waals surface area contributed by atoms with E-state index in [9.17, 15) is 4.79 Å². The normalized spacial score (nSPS) is 11.8.